The molecule has 4 aliphatic rings. The van der Waals surface area contributed by atoms with Crippen molar-refractivity contribution >= 4 is 23.2 Å². The second-order valence-electron chi connectivity index (χ2n) is 12.2. The van der Waals surface area contributed by atoms with Crippen molar-refractivity contribution in [3.63, 3.8) is 0 Å². The average Bonchev–Trinajstić information content (AvgIpc) is 3.27. The molecule has 228 valence electrons. The summed E-state index contributed by atoms with van der Waals surface area (Å²) in [6, 6.07) is 1.85. The molecule has 3 aliphatic heterocycles. The Morgan fingerprint density at radius 3 is 2.56 bits per heavy atom. The first-order valence-corrected chi connectivity index (χ1v) is 15.3. The largest absolute Gasteiger partial charge is 0.365 e. The summed E-state index contributed by atoms with van der Waals surface area (Å²) in [6.07, 6.45) is 11.2. The van der Waals surface area contributed by atoms with Gasteiger partial charge >= 0.3 is 0 Å². The Kier molecular flexibility index (Phi) is 9.75. The van der Waals surface area contributed by atoms with Crippen LogP contribution in [0.5, 0.6) is 0 Å². The molecule has 1 aromatic heterocycles. The van der Waals surface area contributed by atoms with Crippen molar-refractivity contribution in [3.05, 3.63) is 18.5 Å². The standard InChI is InChI=1S/C29H47FN8O3/c1-36(2)28(40)24-19-37(14-15-41-24)23-12-13-32-17-22(23)34-27(39)25-26(31)35-38-18-21(30)16-33-29(25,38)20-10-8-6-4-3-5-7-9-11-20/h12-13,17,20-21,24-26,33,35H,3-11,14-16,18-19,31H2,1-2H3,(H,34,39). The van der Waals surface area contributed by atoms with Crippen LogP contribution in [-0.4, -0.2) is 97.7 Å². The number of anilines is 2. The van der Waals surface area contributed by atoms with E-state index in [9.17, 15) is 14.0 Å². The molecule has 1 saturated carbocycles. The maximum Gasteiger partial charge on any atom is 0.253 e. The first-order chi connectivity index (χ1) is 19.8. The summed E-state index contributed by atoms with van der Waals surface area (Å²) >= 11 is 0. The van der Waals surface area contributed by atoms with Crippen LogP contribution in [0.3, 0.4) is 0 Å². The highest BCUT2D eigenvalue weighted by Crippen LogP contribution is 2.44. The number of carbonyl (C=O) groups excluding carboxylic acids is 2. The van der Waals surface area contributed by atoms with E-state index in [1.807, 2.05) is 11.1 Å². The molecule has 4 heterocycles. The molecule has 12 heteroatoms. The van der Waals surface area contributed by atoms with Gasteiger partial charge in [-0.15, -0.1) is 0 Å². The highest BCUT2D eigenvalue weighted by atomic mass is 19.1. The third kappa shape index (κ3) is 6.36. The minimum absolute atomic E-state index is 0.0976. The van der Waals surface area contributed by atoms with Crippen LogP contribution < -0.4 is 26.7 Å². The zero-order valence-corrected chi connectivity index (χ0v) is 24.5. The van der Waals surface area contributed by atoms with Crippen LogP contribution in [0.15, 0.2) is 18.5 Å². The summed E-state index contributed by atoms with van der Waals surface area (Å²) in [7, 11) is 3.43. The van der Waals surface area contributed by atoms with Crippen molar-refractivity contribution in [2.75, 3.05) is 57.1 Å². The predicted molar refractivity (Wildman–Crippen MR) is 155 cm³/mol. The quantitative estimate of drug-likeness (QED) is 0.416. The molecule has 41 heavy (non-hydrogen) atoms. The van der Waals surface area contributed by atoms with Crippen LogP contribution in [0.2, 0.25) is 0 Å². The number of likely N-dealkylation sites (N-methyl/N-ethyl adjacent to an activating group) is 1. The minimum Gasteiger partial charge on any atom is -0.365 e. The number of hydrogen-bond donors (Lipinski definition) is 4. The molecule has 5 unspecified atom stereocenters. The zero-order valence-electron chi connectivity index (χ0n) is 24.5. The fourth-order valence-corrected chi connectivity index (χ4v) is 7.26. The smallest absolute Gasteiger partial charge is 0.253 e. The Labute approximate surface area is 242 Å². The molecule has 1 aliphatic carbocycles. The van der Waals surface area contributed by atoms with E-state index >= 15 is 0 Å². The van der Waals surface area contributed by atoms with Gasteiger partial charge in [0.1, 0.15) is 17.8 Å². The van der Waals surface area contributed by atoms with Crippen LogP contribution in [0.4, 0.5) is 15.8 Å². The van der Waals surface area contributed by atoms with E-state index in [-0.39, 0.29) is 30.8 Å². The van der Waals surface area contributed by atoms with Crippen LogP contribution in [0.25, 0.3) is 0 Å². The number of ether oxygens (including phenoxy) is 1. The SMILES string of the molecule is CN(C)C(=O)C1CN(c2ccncc2NC(=O)C2C(N)NN3CC(F)CNC23C2CCCCCCCCC2)CCO1. The van der Waals surface area contributed by atoms with Gasteiger partial charge in [0.2, 0.25) is 5.91 Å². The molecule has 5 N–H and O–H groups in total. The third-order valence-electron chi connectivity index (χ3n) is 9.26. The molecule has 11 nitrogen and oxygen atoms in total. The third-order valence-corrected chi connectivity index (χ3v) is 9.26. The molecular weight excluding hydrogens is 527 g/mol. The van der Waals surface area contributed by atoms with Crippen LogP contribution in [-0.2, 0) is 14.3 Å². The van der Waals surface area contributed by atoms with Gasteiger partial charge in [-0.1, -0.05) is 44.9 Å². The van der Waals surface area contributed by atoms with Crippen molar-refractivity contribution in [1.82, 2.24) is 25.6 Å². The number of pyridine rings is 1. The van der Waals surface area contributed by atoms with Crippen LogP contribution in [0.1, 0.15) is 57.8 Å². The normalized spacial score (nSPS) is 32.2. The Hall–Kier alpha value is -2.38. The Morgan fingerprint density at radius 2 is 1.85 bits per heavy atom. The fraction of sp³-hybridized carbons (Fsp3) is 0.759. The molecule has 4 fully saturated rings. The molecule has 0 aromatic carbocycles. The number of nitrogens with two attached hydrogens (primary N) is 1. The lowest BCUT2D eigenvalue weighted by atomic mass is 9.73. The molecule has 1 aromatic rings. The lowest BCUT2D eigenvalue weighted by molar-refractivity contribution is -0.141. The molecule has 0 bridgehead atoms. The van der Waals surface area contributed by atoms with Crippen molar-refractivity contribution in [1.29, 1.82) is 0 Å². The molecule has 5 rings (SSSR count). The summed E-state index contributed by atoms with van der Waals surface area (Å²) in [5.74, 6) is -0.823. The minimum atomic E-state index is -1.05. The molecule has 3 saturated heterocycles. The van der Waals surface area contributed by atoms with Gasteiger partial charge in [0.15, 0.2) is 6.10 Å². The number of aromatic nitrogens is 1. The Morgan fingerprint density at radius 1 is 1.15 bits per heavy atom. The molecule has 2 amide bonds. The van der Waals surface area contributed by atoms with Crippen molar-refractivity contribution in [2.24, 2.45) is 17.6 Å². The van der Waals surface area contributed by atoms with Crippen molar-refractivity contribution in [3.8, 4) is 0 Å². The number of rotatable bonds is 5. The lowest BCUT2D eigenvalue weighted by Gasteiger charge is -2.51. The monoisotopic (exact) mass is 574 g/mol. The Balaban J connectivity index is 1.40. The number of nitrogens with zero attached hydrogens (tertiary/aromatic N) is 4. The number of alkyl halides is 1. The maximum atomic E-state index is 14.7. The lowest BCUT2D eigenvalue weighted by Crippen LogP contribution is -2.72. The van der Waals surface area contributed by atoms with Gasteiger partial charge in [0.05, 0.1) is 36.9 Å². The number of carbonyl (C=O) groups is 2. The average molecular weight is 575 g/mol. The first kappa shape index (κ1) is 30.1. The maximum absolute atomic E-state index is 14.7. The zero-order chi connectivity index (χ0) is 29.0. The highest BCUT2D eigenvalue weighted by Gasteiger charge is 2.61. The van der Waals surface area contributed by atoms with E-state index in [2.05, 4.69) is 25.9 Å². The number of fused-ring (bicyclic) bond motifs is 1. The Bertz CT molecular complexity index is 1050. The number of amides is 2. The van der Waals surface area contributed by atoms with Crippen LogP contribution >= 0.6 is 0 Å². The van der Waals surface area contributed by atoms with Crippen molar-refractivity contribution in [2.45, 2.75) is 81.9 Å². The summed E-state index contributed by atoms with van der Waals surface area (Å²) in [5, 5.41) is 8.56. The van der Waals surface area contributed by atoms with Crippen molar-refractivity contribution < 1.29 is 18.7 Å². The first-order valence-electron chi connectivity index (χ1n) is 15.3. The van der Waals surface area contributed by atoms with E-state index < -0.39 is 30.0 Å². The summed E-state index contributed by atoms with van der Waals surface area (Å²) in [5.41, 5.74) is 10.5. The number of morpholine rings is 1. The van der Waals surface area contributed by atoms with Gasteiger partial charge in [-0.3, -0.25) is 19.9 Å². The summed E-state index contributed by atoms with van der Waals surface area (Å²) in [4.78, 5) is 34.7. The van der Waals surface area contributed by atoms with Gasteiger partial charge in [-0.25, -0.2) is 14.8 Å². The van der Waals surface area contributed by atoms with E-state index in [1.165, 1.54) is 37.0 Å². The second-order valence-corrected chi connectivity index (χ2v) is 12.2. The van der Waals surface area contributed by atoms with E-state index in [0.29, 0.717) is 25.4 Å². The van der Waals surface area contributed by atoms with E-state index in [4.69, 9.17) is 10.5 Å². The van der Waals surface area contributed by atoms with Gasteiger partial charge in [-0.05, 0) is 24.8 Å². The summed E-state index contributed by atoms with van der Waals surface area (Å²) in [6.45, 7) is 1.72. The molecule has 0 radical (unpaired) electrons. The number of hydrazine groups is 1. The van der Waals surface area contributed by atoms with Gasteiger partial charge < -0.3 is 25.6 Å². The topological polar surface area (TPSA) is 128 Å². The van der Waals surface area contributed by atoms with Crippen LogP contribution in [0, 0.1) is 11.8 Å². The number of hydrogen-bond acceptors (Lipinski definition) is 9. The van der Waals surface area contributed by atoms with E-state index in [0.717, 1.165) is 31.4 Å². The van der Waals surface area contributed by atoms with Gasteiger partial charge in [0.25, 0.3) is 5.91 Å². The van der Waals surface area contributed by atoms with Gasteiger partial charge in [0, 0.05) is 39.9 Å². The highest BCUT2D eigenvalue weighted by molar-refractivity contribution is 5.97. The molecule has 0 spiro atoms. The molecular formula is C29H47FN8O3. The second kappa shape index (κ2) is 13.3. The summed E-state index contributed by atoms with van der Waals surface area (Å²) < 4.78 is 20.4. The van der Waals surface area contributed by atoms with E-state index in [1.54, 1.807) is 26.5 Å². The number of halogens is 1. The predicted octanol–water partition coefficient (Wildman–Crippen LogP) is 1.81. The fourth-order valence-electron chi connectivity index (χ4n) is 7.26. The van der Waals surface area contributed by atoms with Gasteiger partial charge in [-0.2, -0.15) is 0 Å². The molecule has 5 atom stereocenters. The number of nitrogens with one attached hydrogen (secondary N) is 3.